The second-order valence-corrected chi connectivity index (χ2v) is 7.67. The Morgan fingerprint density at radius 3 is 2.89 bits per heavy atom. The zero-order chi connectivity index (χ0) is 19.4. The highest BCUT2D eigenvalue weighted by atomic mass is 32.1. The lowest BCUT2D eigenvalue weighted by molar-refractivity contribution is -0.122. The molecular weight excluding hydrogens is 364 g/mol. The minimum absolute atomic E-state index is 0.0342. The van der Waals surface area contributed by atoms with Gasteiger partial charge in [-0.1, -0.05) is 17.4 Å². The monoisotopic (exact) mass is 388 g/mol. The molecule has 1 aromatic heterocycles. The van der Waals surface area contributed by atoms with Crippen LogP contribution in [-0.2, 0) is 20.7 Å². The summed E-state index contributed by atoms with van der Waals surface area (Å²) in [6.07, 6.45) is 0.874. The van der Waals surface area contributed by atoms with Gasteiger partial charge in [0.25, 0.3) is 0 Å². The summed E-state index contributed by atoms with van der Waals surface area (Å²) in [6.45, 7) is 7.61. The minimum Gasteiger partial charge on any atom is -0.381 e. The molecule has 1 saturated heterocycles. The average Bonchev–Trinajstić information content (AvgIpc) is 3.24. The van der Waals surface area contributed by atoms with Crippen molar-refractivity contribution in [3.05, 3.63) is 34.3 Å². The Bertz CT molecular complexity index is 836. The SMILES string of the molecule is CCOCCc1nnc(NC(=O)C2CC(=O)N(c3ccc(C)c(C)c3)C2)s1. The second kappa shape index (κ2) is 8.58. The number of aromatic nitrogens is 2. The van der Waals surface area contributed by atoms with E-state index in [2.05, 4.69) is 15.5 Å². The molecule has 3 rings (SSSR count). The van der Waals surface area contributed by atoms with Crippen LogP contribution in [0.3, 0.4) is 0 Å². The van der Waals surface area contributed by atoms with Crippen LogP contribution in [0.1, 0.15) is 29.5 Å². The maximum absolute atomic E-state index is 12.6. The van der Waals surface area contributed by atoms with Crippen molar-refractivity contribution in [2.45, 2.75) is 33.6 Å². The minimum atomic E-state index is -0.394. The fraction of sp³-hybridized carbons (Fsp3) is 0.474. The average molecular weight is 388 g/mol. The first-order valence-electron chi connectivity index (χ1n) is 9.06. The van der Waals surface area contributed by atoms with Crippen LogP contribution in [0.2, 0.25) is 0 Å². The van der Waals surface area contributed by atoms with E-state index in [1.54, 1.807) is 4.90 Å². The number of ether oxygens (including phenoxy) is 1. The number of benzene rings is 1. The van der Waals surface area contributed by atoms with Crippen molar-refractivity contribution in [3.8, 4) is 0 Å². The number of nitrogens with one attached hydrogen (secondary N) is 1. The van der Waals surface area contributed by atoms with Crippen molar-refractivity contribution < 1.29 is 14.3 Å². The van der Waals surface area contributed by atoms with Crippen molar-refractivity contribution in [2.24, 2.45) is 5.92 Å². The van der Waals surface area contributed by atoms with Crippen LogP contribution >= 0.6 is 11.3 Å². The Hall–Kier alpha value is -2.32. The van der Waals surface area contributed by atoms with Gasteiger partial charge >= 0.3 is 0 Å². The van der Waals surface area contributed by atoms with Gasteiger partial charge in [0.05, 0.1) is 12.5 Å². The van der Waals surface area contributed by atoms with Gasteiger partial charge in [-0.15, -0.1) is 10.2 Å². The molecule has 1 N–H and O–H groups in total. The van der Waals surface area contributed by atoms with E-state index in [0.29, 0.717) is 31.3 Å². The molecule has 1 fully saturated rings. The lowest BCUT2D eigenvalue weighted by Gasteiger charge is -2.17. The molecule has 1 atom stereocenters. The van der Waals surface area contributed by atoms with Crippen LogP contribution in [0.25, 0.3) is 0 Å². The molecule has 8 heteroatoms. The summed E-state index contributed by atoms with van der Waals surface area (Å²) in [4.78, 5) is 26.6. The maximum Gasteiger partial charge on any atom is 0.231 e. The Labute approximate surface area is 162 Å². The van der Waals surface area contributed by atoms with Crippen LogP contribution in [0.5, 0.6) is 0 Å². The zero-order valence-electron chi connectivity index (χ0n) is 15.8. The number of nitrogens with zero attached hydrogens (tertiary/aromatic N) is 3. The summed E-state index contributed by atoms with van der Waals surface area (Å²) >= 11 is 1.34. The van der Waals surface area contributed by atoms with Crippen LogP contribution in [0.4, 0.5) is 10.8 Å². The highest BCUT2D eigenvalue weighted by Gasteiger charge is 2.35. The number of rotatable bonds is 7. The normalized spacial score (nSPS) is 16.8. The molecule has 0 radical (unpaired) electrons. The largest absolute Gasteiger partial charge is 0.381 e. The molecule has 1 aromatic carbocycles. The summed E-state index contributed by atoms with van der Waals surface area (Å²) in [6, 6.07) is 5.91. The number of carbonyl (C=O) groups excluding carboxylic acids is 2. The number of amides is 2. The molecule has 144 valence electrons. The Morgan fingerprint density at radius 1 is 1.33 bits per heavy atom. The molecule has 27 heavy (non-hydrogen) atoms. The first-order valence-corrected chi connectivity index (χ1v) is 9.88. The van der Waals surface area contributed by atoms with Gasteiger partial charge in [-0.25, -0.2) is 0 Å². The number of aryl methyl sites for hydroxylation is 2. The number of hydrogen-bond donors (Lipinski definition) is 1. The van der Waals surface area contributed by atoms with Crippen LogP contribution in [0, 0.1) is 19.8 Å². The van der Waals surface area contributed by atoms with Gasteiger partial charge in [0.1, 0.15) is 5.01 Å². The molecule has 1 unspecified atom stereocenters. The molecule has 2 amide bonds. The molecule has 0 spiro atoms. The Morgan fingerprint density at radius 2 is 2.15 bits per heavy atom. The van der Waals surface area contributed by atoms with Gasteiger partial charge in [0, 0.05) is 31.7 Å². The lowest BCUT2D eigenvalue weighted by atomic mass is 10.1. The molecule has 2 aromatic rings. The predicted molar refractivity (Wildman–Crippen MR) is 105 cm³/mol. The fourth-order valence-corrected chi connectivity index (χ4v) is 3.67. The molecule has 0 bridgehead atoms. The van der Waals surface area contributed by atoms with E-state index in [9.17, 15) is 9.59 Å². The van der Waals surface area contributed by atoms with Gasteiger partial charge < -0.3 is 15.0 Å². The number of hydrogen-bond acceptors (Lipinski definition) is 6. The van der Waals surface area contributed by atoms with Gasteiger partial charge in [-0.3, -0.25) is 9.59 Å². The van der Waals surface area contributed by atoms with E-state index < -0.39 is 5.92 Å². The van der Waals surface area contributed by atoms with E-state index in [-0.39, 0.29) is 18.2 Å². The van der Waals surface area contributed by atoms with Gasteiger partial charge in [-0.05, 0) is 44.0 Å². The van der Waals surface area contributed by atoms with Crippen molar-refractivity contribution in [1.29, 1.82) is 0 Å². The summed E-state index contributed by atoms with van der Waals surface area (Å²) in [5, 5.41) is 12.1. The maximum atomic E-state index is 12.6. The predicted octanol–water partition coefficient (Wildman–Crippen LogP) is 2.73. The van der Waals surface area contributed by atoms with Crippen LogP contribution in [-0.4, -0.2) is 41.8 Å². The number of carbonyl (C=O) groups is 2. The van der Waals surface area contributed by atoms with E-state index in [4.69, 9.17) is 4.74 Å². The smallest absolute Gasteiger partial charge is 0.231 e. The van der Waals surface area contributed by atoms with Crippen molar-refractivity contribution >= 4 is 34.0 Å². The van der Waals surface area contributed by atoms with Crippen molar-refractivity contribution in [2.75, 3.05) is 30.0 Å². The molecule has 0 aliphatic carbocycles. The van der Waals surface area contributed by atoms with Gasteiger partial charge in [0.15, 0.2) is 0 Å². The van der Waals surface area contributed by atoms with Crippen molar-refractivity contribution in [1.82, 2.24) is 10.2 Å². The summed E-state index contributed by atoms with van der Waals surface area (Å²) in [7, 11) is 0. The zero-order valence-corrected chi connectivity index (χ0v) is 16.6. The van der Waals surface area contributed by atoms with Crippen molar-refractivity contribution in [3.63, 3.8) is 0 Å². The first kappa shape index (κ1) is 19.4. The topological polar surface area (TPSA) is 84.4 Å². The highest BCUT2D eigenvalue weighted by molar-refractivity contribution is 7.15. The standard InChI is InChI=1S/C19H24N4O3S/c1-4-26-8-7-16-21-22-19(27-16)20-18(25)14-10-17(24)23(11-14)15-6-5-12(2)13(3)9-15/h5-6,9,14H,4,7-8,10-11H2,1-3H3,(H,20,22,25). The second-order valence-electron chi connectivity index (χ2n) is 6.61. The molecule has 0 saturated carbocycles. The third-order valence-corrected chi connectivity index (χ3v) is 5.56. The highest BCUT2D eigenvalue weighted by Crippen LogP contribution is 2.28. The summed E-state index contributed by atoms with van der Waals surface area (Å²) < 4.78 is 5.30. The third-order valence-electron chi connectivity index (χ3n) is 4.66. The molecule has 1 aliphatic heterocycles. The van der Waals surface area contributed by atoms with Crippen LogP contribution in [0.15, 0.2) is 18.2 Å². The Balaban J connectivity index is 1.59. The fourth-order valence-electron chi connectivity index (χ4n) is 2.94. The third kappa shape index (κ3) is 4.70. The van der Waals surface area contributed by atoms with Gasteiger partial charge in [0.2, 0.25) is 16.9 Å². The van der Waals surface area contributed by atoms with E-state index in [0.717, 1.165) is 16.3 Å². The van der Waals surface area contributed by atoms with E-state index in [1.807, 2.05) is 39.0 Å². The summed E-state index contributed by atoms with van der Waals surface area (Å²) in [5.74, 6) is -0.620. The molecule has 7 nitrogen and oxygen atoms in total. The van der Waals surface area contributed by atoms with Gasteiger partial charge in [-0.2, -0.15) is 0 Å². The first-order chi connectivity index (χ1) is 13.0. The van der Waals surface area contributed by atoms with Crippen LogP contribution < -0.4 is 10.2 Å². The van der Waals surface area contributed by atoms with E-state index >= 15 is 0 Å². The number of anilines is 2. The quantitative estimate of drug-likeness (QED) is 0.737. The molecule has 2 heterocycles. The molecular formula is C19H24N4O3S. The lowest BCUT2D eigenvalue weighted by Crippen LogP contribution is -2.28. The Kier molecular flexibility index (Phi) is 6.18. The van der Waals surface area contributed by atoms with E-state index in [1.165, 1.54) is 16.9 Å². The summed E-state index contributed by atoms with van der Waals surface area (Å²) in [5.41, 5.74) is 3.14. The molecule has 1 aliphatic rings.